The van der Waals surface area contributed by atoms with E-state index in [1.54, 1.807) is 25.1 Å². The van der Waals surface area contributed by atoms with E-state index in [-0.39, 0.29) is 0 Å². The molecule has 1 rings (SSSR count). The van der Waals surface area contributed by atoms with Crippen molar-refractivity contribution in [2.45, 2.75) is 13.3 Å². The van der Waals surface area contributed by atoms with Crippen molar-refractivity contribution in [3.8, 4) is 0 Å². The highest BCUT2D eigenvalue weighted by molar-refractivity contribution is 5.87. The molecule has 0 saturated heterocycles. The average Bonchev–Trinajstić information content (AvgIpc) is 2.14. The van der Waals surface area contributed by atoms with Gasteiger partial charge >= 0.3 is 5.97 Å². The molecule has 0 aliphatic carbocycles. The minimum absolute atomic E-state index is 0.385. The maximum atomic E-state index is 10.7. The number of benzene rings is 1. The van der Waals surface area contributed by atoms with Crippen LogP contribution in [0.3, 0.4) is 0 Å². The number of allylic oxidation sites excluding steroid dienone is 1. The highest BCUT2D eigenvalue weighted by Crippen LogP contribution is 2.11. The first kappa shape index (κ1) is 10.3. The minimum atomic E-state index is -0.880. The van der Waals surface area contributed by atoms with Gasteiger partial charge < -0.3 is 10.8 Å². The molecule has 0 bridgehead atoms. The number of nitrogen functional groups attached to an aromatic ring is 1. The summed E-state index contributed by atoms with van der Waals surface area (Å²) in [6.07, 6.45) is 2.02. The Balaban J connectivity index is 2.83. The molecule has 0 heterocycles. The van der Waals surface area contributed by atoms with Crippen molar-refractivity contribution in [3.63, 3.8) is 0 Å². The number of anilines is 1. The molecular formula is C11H13NO2. The molecule has 0 amide bonds. The quantitative estimate of drug-likeness (QED) is 0.566. The monoisotopic (exact) mass is 191 g/mol. The fourth-order valence-electron chi connectivity index (χ4n) is 1.22. The maximum Gasteiger partial charge on any atom is 0.331 e. The van der Waals surface area contributed by atoms with E-state index in [0.717, 1.165) is 5.56 Å². The Morgan fingerprint density at radius 2 is 2.29 bits per heavy atom. The summed E-state index contributed by atoms with van der Waals surface area (Å²) in [4.78, 5) is 10.7. The molecule has 0 fully saturated rings. The van der Waals surface area contributed by atoms with Gasteiger partial charge in [0.05, 0.1) is 0 Å². The Morgan fingerprint density at radius 3 is 2.79 bits per heavy atom. The Morgan fingerprint density at radius 1 is 1.57 bits per heavy atom. The number of aliphatic carboxylic acids is 1. The first-order valence-corrected chi connectivity index (χ1v) is 4.36. The molecule has 3 N–H and O–H groups in total. The Kier molecular flexibility index (Phi) is 3.29. The molecule has 1 aromatic carbocycles. The lowest BCUT2D eigenvalue weighted by molar-refractivity contribution is -0.132. The molecule has 0 aromatic heterocycles. The minimum Gasteiger partial charge on any atom is -0.478 e. The molecular weight excluding hydrogens is 178 g/mol. The smallest absolute Gasteiger partial charge is 0.331 e. The van der Waals surface area contributed by atoms with Crippen molar-refractivity contribution in [3.05, 3.63) is 41.5 Å². The van der Waals surface area contributed by atoms with E-state index in [9.17, 15) is 4.79 Å². The number of carboxylic acid groups (broad SMARTS) is 1. The number of rotatable bonds is 3. The zero-order valence-corrected chi connectivity index (χ0v) is 8.03. The fourth-order valence-corrected chi connectivity index (χ4v) is 1.22. The van der Waals surface area contributed by atoms with Crippen LogP contribution < -0.4 is 5.73 Å². The molecule has 3 nitrogen and oxygen atoms in total. The van der Waals surface area contributed by atoms with E-state index in [1.165, 1.54) is 0 Å². The van der Waals surface area contributed by atoms with Crippen LogP contribution in [0.15, 0.2) is 35.9 Å². The van der Waals surface area contributed by atoms with Crippen LogP contribution in [0.1, 0.15) is 12.5 Å². The molecule has 0 unspecified atom stereocenters. The van der Waals surface area contributed by atoms with Gasteiger partial charge in [0.2, 0.25) is 0 Å². The highest BCUT2D eigenvalue weighted by atomic mass is 16.4. The van der Waals surface area contributed by atoms with Crippen LogP contribution in [0.4, 0.5) is 5.69 Å². The summed E-state index contributed by atoms with van der Waals surface area (Å²) in [6, 6.07) is 7.24. The van der Waals surface area contributed by atoms with E-state index < -0.39 is 5.97 Å². The zero-order valence-electron chi connectivity index (χ0n) is 8.03. The van der Waals surface area contributed by atoms with Gasteiger partial charge in [0.1, 0.15) is 0 Å². The van der Waals surface area contributed by atoms with Gasteiger partial charge in [-0.15, -0.1) is 0 Å². The third-order valence-corrected chi connectivity index (χ3v) is 1.97. The third kappa shape index (κ3) is 2.62. The maximum absolute atomic E-state index is 10.7. The van der Waals surface area contributed by atoms with E-state index in [4.69, 9.17) is 10.8 Å². The van der Waals surface area contributed by atoms with Gasteiger partial charge in [-0.3, -0.25) is 0 Å². The normalized spacial score (nSPS) is 11.4. The van der Waals surface area contributed by atoms with E-state index in [1.807, 2.05) is 12.1 Å². The molecule has 0 saturated carbocycles. The second-order valence-corrected chi connectivity index (χ2v) is 3.04. The number of hydrogen-bond donors (Lipinski definition) is 2. The number of carboxylic acids is 1. The third-order valence-electron chi connectivity index (χ3n) is 1.97. The summed E-state index contributed by atoms with van der Waals surface area (Å²) >= 11 is 0. The summed E-state index contributed by atoms with van der Waals surface area (Å²) in [5, 5.41) is 8.80. The summed E-state index contributed by atoms with van der Waals surface area (Å²) in [5.74, 6) is -0.880. The number of hydrogen-bond acceptors (Lipinski definition) is 2. The largest absolute Gasteiger partial charge is 0.478 e. The summed E-state index contributed by atoms with van der Waals surface area (Å²) in [7, 11) is 0. The summed E-state index contributed by atoms with van der Waals surface area (Å²) < 4.78 is 0. The van der Waals surface area contributed by atoms with Crippen molar-refractivity contribution in [1.82, 2.24) is 0 Å². The first-order valence-electron chi connectivity index (χ1n) is 4.36. The highest BCUT2D eigenvalue weighted by Gasteiger charge is 2.06. The molecule has 0 spiro atoms. The second kappa shape index (κ2) is 4.46. The van der Waals surface area contributed by atoms with Gasteiger partial charge in [-0.1, -0.05) is 18.2 Å². The van der Waals surface area contributed by atoms with Crippen molar-refractivity contribution in [1.29, 1.82) is 0 Å². The lowest BCUT2D eigenvalue weighted by atomic mass is 10.0. The van der Waals surface area contributed by atoms with Crippen molar-refractivity contribution in [2.75, 3.05) is 5.73 Å². The molecule has 1 aromatic rings. The van der Waals surface area contributed by atoms with Crippen LogP contribution in [-0.2, 0) is 11.2 Å². The predicted octanol–water partition coefficient (Wildman–Crippen LogP) is 1.84. The summed E-state index contributed by atoms with van der Waals surface area (Å²) in [5.41, 5.74) is 7.54. The van der Waals surface area contributed by atoms with Crippen LogP contribution in [0.25, 0.3) is 0 Å². The Bertz CT molecular complexity index is 369. The van der Waals surface area contributed by atoms with Gasteiger partial charge in [0.15, 0.2) is 0 Å². The van der Waals surface area contributed by atoms with Crippen LogP contribution in [-0.4, -0.2) is 11.1 Å². The number of carbonyl (C=O) groups is 1. The van der Waals surface area contributed by atoms with Gasteiger partial charge in [-0.25, -0.2) is 4.79 Å². The van der Waals surface area contributed by atoms with Gasteiger partial charge in [-0.2, -0.15) is 0 Å². The van der Waals surface area contributed by atoms with Gasteiger partial charge in [-0.05, 0) is 24.6 Å². The van der Waals surface area contributed by atoms with Crippen LogP contribution in [0.2, 0.25) is 0 Å². The lowest BCUT2D eigenvalue weighted by Crippen LogP contribution is -2.03. The Hall–Kier alpha value is -1.77. The van der Waals surface area contributed by atoms with Crippen molar-refractivity contribution >= 4 is 11.7 Å². The molecule has 74 valence electrons. The van der Waals surface area contributed by atoms with Crippen molar-refractivity contribution < 1.29 is 9.90 Å². The summed E-state index contributed by atoms with van der Waals surface area (Å²) in [6.45, 7) is 1.72. The predicted molar refractivity (Wildman–Crippen MR) is 56.0 cm³/mol. The van der Waals surface area contributed by atoms with Crippen LogP contribution in [0, 0.1) is 0 Å². The van der Waals surface area contributed by atoms with E-state index in [0.29, 0.717) is 17.7 Å². The standard InChI is InChI=1S/C11H13NO2/c1-2-9(11(13)14)6-8-4-3-5-10(12)7-8/h2-5,7H,6,12H2,1H3,(H,13,14)/b9-2+. The SMILES string of the molecule is C/C=C(\Cc1cccc(N)c1)C(=O)O. The molecule has 0 atom stereocenters. The van der Waals surface area contributed by atoms with Gasteiger partial charge in [0.25, 0.3) is 0 Å². The van der Waals surface area contributed by atoms with Crippen molar-refractivity contribution in [2.24, 2.45) is 0 Å². The molecule has 3 heteroatoms. The molecule has 14 heavy (non-hydrogen) atoms. The van der Waals surface area contributed by atoms with E-state index in [2.05, 4.69) is 0 Å². The molecule has 0 aliphatic heterocycles. The first-order chi connectivity index (χ1) is 6.63. The van der Waals surface area contributed by atoms with Crippen LogP contribution >= 0.6 is 0 Å². The average molecular weight is 191 g/mol. The van der Waals surface area contributed by atoms with Gasteiger partial charge in [0, 0.05) is 17.7 Å². The van der Waals surface area contributed by atoms with E-state index >= 15 is 0 Å². The lowest BCUT2D eigenvalue weighted by Gasteiger charge is -2.02. The zero-order chi connectivity index (χ0) is 10.6. The molecule has 0 radical (unpaired) electrons. The Labute approximate surface area is 82.9 Å². The van der Waals surface area contributed by atoms with Crippen LogP contribution in [0.5, 0.6) is 0 Å². The molecule has 0 aliphatic rings. The topological polar surface area (TPSA) is 63.3 Å². The second-order valence-electron chi connectivity index (χ2n) is 3.04. The number of nitrogens with two attached hydrogens (primary N) is 1. The fraction of sp³-hybridized carbons (Fsp3) is 0.182.